The summed E-state index contributed by atoms with van der Waals surface area (Å²) in [6.07, 6.45) is 0. The summed E-state index contributed by atoms with van der Waals surface area (Å²) in [4.78, 5) is 19.6. The van der Waals surface area contributed by atoms with Gasteiger partial charge in [-0.3, -0.25) is 4.31 Å². The van der Waals surface area contributed by atoms with Crippen LogP contribution in [0.1, 0.15) is 16.1 Å². The number of hydrogen-bond donors (Lipinski definition) is 2. The monoisotopic (exact) mass is 482 g/mol. The van der Waals surface area contributed by atoms with E-state index in [1.807, 2.05) is 0 Å². The highest BCUT2D eigenvalue weighted by atomic mass is 32.2. The second kappa shape index (κ2) is 8.27. The molecule has 3 aromatic carbocycles. The summed E-state index contributed by atoms with van der Waals surface area (Å²) < 4.78 is 27.1. The van der Waals surface area contributed by atoms with Crippen molar-refractivity contribution in [3.8, 4) is 17.3 Å². The van der Waals surface area contributed by atoms with Crippen molar-refractivity contribution in [2.75, 3.05) is 11.4 Å². The highest BCUT2D eigenvalue weighted by molar-refractivity contribution is 7.92. The van der Waals surface area contributed by atoms with Crippen molar-refractivity contribution < 1.29 is 18.3 Å². The van der Waals surface area contributed by atoms with Gasteiger partial charge in [0.15, 0.2) is 0 Å². The third-order valence-corrected chi connectivity index (χ3v) is 7.64. The molecule has 0 spiro atoms. The first-order valence-corrected chi connectivity index (χ1v) is 12.0. The van der Waals surface area contributed by atoms with Crippen molar-refractivity contribution in [1.29, 1.82) is 5.26 Å². The molecular formula is C26H18N4O4S. The summed E-state index contributed by atoms with van der Waals surface area (Å²) >= 11 is 0. The molecule has 9 heteroatoms. The first-order chi connectivity index (χ1) is 16.8. The second-order valence-corrected chi connectivity index (χ2v) is 9.88. The van der Waals surface area contributed by atoms with Crippen molar-refractivity contribution in [2.24, 2.45) is 0 Å². The number of H-pyrrole nitrogens is 1. The Morgan fingerprint density at radius 2 is 1.71 bits per heavy atom. The van der Waals surface area contributed by atoms with Crippen molar-refractivity contribution in [2.45, 2.75) is 4.90 Å². The standard InChI is InChI=1S/C26H18N4O4S/c1-30(35(33,34)19-5-3-2-4-6-19)18-10-8-17(9-11-18)24-25-21(14-23(29-24)26(31)32)20-12-7-16(15-27)13-22(20)28-25/h2-14,28H,1H3,(H,31,32). The lowest BCUT2D eigenvalue weighted by atomic mass is 10.1. The SMILES string of the molecule is CN(c1ccc(-c2nc(C(=O)O)cc3c2[nH]c2cc(C#N)ccc23)cc1)S(=O)(=O)c1ccccc1. The second-order valence-electron chi connectivity index (χ2n) is 7.91. The molecule has 0 aliphatic rings. The number of sulfonamides is 1. The number of anilines is 1. The van der Waals surface area contributed by atoms with Gasteiger partial charge in [0.05, 0.1) is 33.4 Å². The number of aromatic nitrogens is 2. The van der Waals surface area contributed by atoms with Gasteiger partial charge in [-0.1, -0.05) is 36.4 Å². The maximum absolute atomic E-state index is 13.0. The normalized spacial score (nSPS) is 11.4. The molecule has 2 aromatic heterocycles. The Morgan fingerprint density at radius 1 is 1.00 bits per heavy atom. The summed E-state index contributed by atoms with van der Waals surface area (Å²) in [5.41, 5.74) is 3.13. The molecule has 2 N–H and O–H groups in total. The zero-order valence-electron chi connectivity index (χ0n) is 18.4. The predicted molar refractivity (Wildman–Crippen MR) is 133 cm³/mol. The molecule has 0 saturated heterocycles. The van der Waals surface area contributed by atoms with Gasteiger partial charge < -0.3 is 10.1 Å². The maximum atomic E-state index is 13.0. The minimum atomic E-state index is -3.74. The van der Waals surface area contributed by atoms with Gasteiger partial charge in [-0.15, -0.1) is 0 Å². The minimum absolute atomic E-state index is 0.120. The number of rotatable bonds is 5. The van der Waals surface area contributed by atoms with Crippen LogP contribution in [0, 0.1) is 11.3 Å². The fraction of sp³-hybridized carbons (Fsp3) is 0.0385. The minimum Gasteiger partial charge on any atom is -0.477 e. The topological polar surface area (TPSA) is 127 Å². The Labute approximate surface area is 200 Å². The zero-order valence-corrected chi connectivity index (χ0v) is 19.2. The van der Waals surface area contributed by atoms with E-state index >= 15 is 0 Å². The molecule has 0 saturated carbocycles. The lowest BCUT2D eigenvalue weighted by molar-refractivity contribution is 0.0691. The van der Waals surface area contributed by atoms with E-state index in [-0.39, 0.29) is 10.6 Å². The number of hydrogen-bond acceptors (Lipinski definition) is 5. The van der Waals surface area contributed by atoms with Crippen LogP contribution in [0.3, 0.4) is 0 Å². The molecule has 0 bridgehead atoms. The highest BCUT2D eigenvalue weighted by Crippen LogP contribution is 2.34. The number of fused-ring (bicyclic) bond motifs is 3. The lowest BCUT2D eigenvalue weighted by Gasteiger charge is -2.19. The fourth-order valence-corrected chi connectivity index (χ4v) is 5.22. The Balaban J connectivity index is 1.62. The molecule has 5 aromatic rings. The van der Waals surface area contributed by atoms with Crippen LogP contribution in [0.25, 0.3) is 33.1 Å². The van der Waals surface area contributed by atoms with Crippen molar-refractivity contribution in [3.05, 3.63) is 90.1 Å². The molecule has 0 fully saturated rings. The number of aromatic carboxylic acids is 1. The molecule has 5 rings (SSSR count). The van der Waals surface area contributed by atoms with Crippen LogP contribution in [-0.2, 0) is 10.0 Å². The molecule has 0 unspecified atom stereocenters. The number of carbonyl (C=O) groups is 1. The van der Waals surface area contributed by atoms with Gasteiger partial charge >= 0.3 is 5.97 Å². The summed E-state index contributed by atoms with van der Waals surface area (Å²) in [5, 5.41) is 20.3. The average molecular weight is 483 g/mol. The number of carboxylic acid groups (broad SMARTS) is 1. The number of nitrogens with one attached hydrogen (secondary N) is 1. The van der Waals surface area contributed by atoms with Crippen LogP contribution in [0.4, 0.5) is 5.69 Å². The van der Waals surface area contributed by atoms with E-state index in [0.717, 1.165) is 5.39 Å². The molecule has 0 atom stereocenters. The van der Waals surface area contributed by atoms with E-state index in [1.54, 1.807) is 60.7 Å². The molecule has 0 radical (unpaired) electrons. The van der Waals surface area contributed by atoms with Crippen LogP contribution < -0.4 is 4.31 Å². The number of nitrogens with zero attached hydrogens (tertiary/aromatic N) is 3. The van der Waals surface area contributed by atoms with Crippen LogP contribution in [-0.4, -0.2) is 36.5 Å². The summed E-state index contributed by atoms with van der Waals surface area (Å²) in [7, 11) is -2.26. The van der Waals surface area contributed by atoms with Gasteiger partial charge in [0.1, 0.15) is 5.69 Å². The largest absolute Gasteiger partial charge is 0.477 e. The third-order valence-electron chi connectivity index (χ3n) is 5.84. The van der Waals surface area contributed by atoms with Gasteiger partial charge in [0.2, 0.25) is 0 Å². The quantitative estimate of drug-likeness (QED) is 0.371. The van der Waals surface area contributed by atoms with Crippen molar-refractivity contribution in [3.63, 3.8) is 0 Å². The number of pyridine rings is 1. The molecule has 0 aliphatic carbocycles. The number of aromatic amines is 1. The maximum Gasteiger partial charge on any atom is 0.354 e. The predicted octanol–water partition coefficient (Wildman–Crippen LogP) is 4.78. The van der Waals surface area contributed by atoms with Gasteiger partial charge in [0.25, 0.3) is 10.0 Å². The van der Waals surface area contributed by atoms with E-state index in [2.05, 4.69) is 16.0 Å². The summed E-state index contributed by atoms with van der Waals surface area (Å²) in [5.74, 6) is -1.17. The van der Waals surface area contributed by atoms with E-state index in [0.29, 0.717) is 38.9 Å². The van der Waals surface area contributed by atoms with Crippen molar-refractivity contribution >= 4 is 43.5 Å². The average Bonchev–Trinajstić information content (AvgIpc) is 3.26. The number of nitriles is 1. The van der Waals surface area contributed by atoms with E-state index < -0.39 is 16.0 Å². The van der Waals surface area contributed by atoms with Crippen LogP contribution >= 0.6 is 0 Å². The summed E-state index contributed by atoms with van der Waals surface area (Å²) in [6.45, 7) is 0. The Bertz CT molecular complexity index is 1750. The fourth-order valence-electron chi connectivity index (χ4n) is 4.01. The summed E-state index contributed by atoms with van der Waals surface area (Å²) in [6, 6.07) is 23.6. The Kier molecular flexibility index (Phi) is 5.23. The molecule has 8 nitrogen and oxygen atoms in total. The third kappa shape index (κ3) is 3.76. The molecular weight excluding hydrogens is 464 g/mol. The zero-order chi connectivity index (χ0) is 24.7. The first-order valence-electron chi connectivity index (χ1n) is 10.5. The number of carboxylic acids is 1. The van der Waals surface area contributed by atoms with E-state index in [9.17, 15) is 23.6 Å². The number of benzene rings is 3. The van der Waals surface area contributed by atoms with Crippen LogP contribution in [0.5, 0.6) is 0 Å². The Hall–Kier alpha value is -4.68. The molecule has 35 heavy (non-hydrogen) atoms. The molecule has 2 heterocycles. The van der Waals surface area contributed by atoms with Crippen LogP contribution in [0.15, 0.2) is 83.8 Å². The van der Waals surface area contributed by atoms with Gasteiger partial charge in [0, 0.05) is 28.9 Å². The first kappa shape index (κ1) is 22.1. The molecule has 0 amide bonds. The van der Waals surface area contributed by atoms with Gasteiger partial charge in [-0.05, 0) is 42.5 Å². The lowest BCUT2D eigenvalue weighted by Crippen LogP contribution is -2.26. The van der Waals surface area contributed by atoms with E-state index in [4.69, 9.17) is 0 Å². The molecule has 172 valence electrons. The van der Waals surface area contributed by atoms with Crippen molar-refractivity contribution in [1.82, 2.24) is 9.97 Å². The smallest absolute Gasteiger partial charge is 0.354 e. The van der Waals surface area contributed by atoms with Gasteiger partial charge in [-0.25, -0.2) is 18.2 Å². The van der Waals surface area contributed by atoms with E-state index in [1.165, 1.54) is 29.6 Å². The highest BCUT2D eigenvalue weighted by Gasteiger charge is 2.22. The van der Waals surface area contributed by atoms with Gasteiger partial charge in [-0.2, -0.15) is 5.26 Å². The molecule has 0 aliphatic heterocycles. The van der Waals surface area contributed by atoms with Crippen LogP contribution in [0.2, 0.25) is 0 Å². The Morgan fingerprint density at radius 3 is 2.37 bits per heavy atom.